The molecule has 0 spiro atoms. The lowest BCUT2D eigenvalue weighted by atomic mass is 10.2. The lowest BCUT2D eigenvalue weighted by Crippen LogP contribution is -2.33. The summed E-state index contributed by atoms with van der Waals surface area (Å²) in [5.74, 6) is 0. The van der Waals surface area contributed by atoms with Gasteiger partial charge in [0.2, 0.25) is 0 Å². The largest absolute Gasteiger partial charge is 0.315 e. The fourth-order valence-electron chi connectivity index (χ4n) is 1.76. The van der Waals surface area contributed by atoms with Crippen molar-refractivity contribution in [1.82, 2.24) is 19.8 Å². The predicted octanol–water partition coefficient (Wildman–Crippen LogP) is 0.722. The summed E-state index contributed by atoms with van der Waals surface area (Å²) in [4.78, 5) is 2.47. The molecule has 2 heterocycles. The molecule has 0 aromatic carbocycles. The number of nitrogens with one attached hydrogen (secondary N) is 1. The minimum absolute atomic E-state index is 0.645. The topological polar surface area (TPSA) is 41.0 Å². The van der Waals surface area contributed by atoms with Gasteiger partial charge in [-0.1, -0.05) is 4.49 Å². The van der Waals surface area contributed by atoms with Crippen molar-refractivity contribution in [3.8, 4) is 0 Å². The van der Waals surface area contributed by atoms with Crippen LogP contribution in [-0.2, 0) is 6.54 Å². The molecule has 0 amide bonds. The molecule has 2 rings (SSSR count). The van der Waals surface area contributed by atoms with E-state index in [1.807, 2.05) is 5.38 Å². The van der Waals surface area contributed by atoms with Gasteiger partial charge in [0.1, 0.15) is 0 Å². The van der Waals surface area contributed by atoms with E-state index in [-0.39, 0.29) is 0 Å². The van der Waals surface area contributed by atoms with Crippen molar-refractivity contribution in [2.24, 2.45) is 0 Å². The van der Waals surface area contributed by atoms with Crippen LogP contribution < -0.4 is 5.32 Å². The number of rotatable bonds is 2. The van der Waals surface area contributed by atoms with Gasteiger partial charge in [-0.25, -0.2) is 0 Å². The third kappa shape index (κ3) is 2.50. The van der Waals surface area contributed by atoms with Crippen molar-refractivity contribution < 1.29 is 0 Å². The first-order chi connectivity index (χ1) is 6.86. The van der Waals surface area contributed by atoms with Gasteiger partial charge in [-0.05, 0) is 31.4 Å². The highest BCUT2D eigenvalue weighted by Gasteiger charge is 2.17. The molecule has 1 atom stereocenters. The molecule has 1 aliphatic heterocycles. The molecule has 1 aromatic heterocycles. The predicted molar refractivity (Wildman–Crippen MR) is 57.3 cm³/mol. The van der Waals surface area contributed by atoms with Gasteiger partial charge in [-0.2, -0.15) is 0 Å². The molecular weight excluding hydrogens is 196 g/mol. The molecule has 14 heavy (non-hydrogen) atoms. The van der Waals surface area contributed by atoms with Crippen LogP contribution in [0, 0.1) is 0 Å². The summed E-state index contributed by atoms with van der Waals surface area (Å²) in [5, 5.41) is 9.53. The number of hydrogen-bond donors (Lipinski definition) is 1. The summed E-state index contributed by atoms with van der Waals surface area (Å²) < 4.78 is 3.89. The quantitative estimate of drug-likeness (QED) is 0.784. The van der Waals surface area contributed by atoms with Crippen molar-refractivity contribution in [1.29, 1.82) is 0 Å². The molecule has 4 nitrogen and oxygen atoms in total. The van der Waals surface area contributed by atoms with Gasteiger partial charge in [0.05, 0.1) is 5.69 Å². The summed E-state index contributed by atoms with van der Waals surface area (Å²) in [6.07, 6.45) is 1.22. The van der Waals surface area contributed by atoms with Crippen molar-refractivity contribution in [3.05, 3.63) is 11.1 Å². The smallest absolute Gasteiger partial charge is 0.0895 e. The van der Waals surface area contributed by atoms with Gasteiger partial charge >= 0.3 is 0 Å². The van der Waals surface area contributed by atoms with Crippen LogP contribution in [0.15, 0.2) is 5.38 Å². The summed E-state index contributed by atoms with van der Waals surface area (Å²) in [6, 6.07) is 0.645. The standard InChI is InChI=1S/C9H16N4S/c1-8-2-3-10-4-5-13(8)6-9-7-14-12-11-9/h7-8,10H,2-6H2,1H3. The maximum atomic E-state index is 4.08. The van der Waals surface area contributed by atoms with Crippen molar-refractivity contribution in [2.75, 3.05) is 19.6 Å². The molecular formula is C9H16N4S. The summed E-state index contributed by atoms with van der Waals surface area (Å²) in [5.41, 5.74) is 1.10. The zero-order valence-electron chi connectivity index (χ0n) is 8.44. The summed E-state index contributed by atoms with van der Waals surface area (Å²) in [7, 11) is 0. The molecule has 1 unspecified atom stereocenters. The zero-order chi connectivity index (χ0) is 9.80. The minimum atomic E-state index is 0.645. The highest BCUT2D eigenvalue weighted by Crippen LogP contribution is 2.10. The van der Waals surface area contributed by atoms with Gasteiger partial charge in [0, 0.05) is 31.1 Å². The molecule has 0 saturated carbocycles. The zero-order valence-corrected chi connectivity index (χ0v) is 9.26. The van der Waals surface area contributed by atoms with Gasteiger partial charge < -0.3 is 5.32 Å². The first-order valence-electron chi connectivity index (χ1n) is 5.07. The van der Waals surface area contributed by atoms with Crippen LogP contribution in [0.3, 0.4) is 0 Å². The minimum Gasteiger partial charge on any atom is -0.315 e. The van der Waals surface area contributed by atoms with Crippen LogP contribution in [0.25, 0.3) is 0 Å². The summed E-state index contributed by atoms with van der Waals surface area (Å²) in [6.45, 7) is 6.56. The SMILES string of the molecule is CC1CCNCCN1Cc1csnn1. The van der Waals surface area contributed by atoms with Gasteiger partial charge in [0.15, 0.2) is 0 Å². The molecule has 1 fully saturated rings. The van der Waals surface area contributed by atoms with E-state index in [4.69, 9.17) is 0 Å². The van der Waals surface area contributed by atoms with Crippen molar-refractivity contribution >= 4 is 11.5 Å². The van der Waals surface area contributed by atoms with E-state index < -0.39 is 0 Å². The second kappa shape index (κ2) is 4.82. The third-order valence-corrected chi connectivity index (χ3v) is 3.26. The van der Waals surface area contributed by atoms with E-state index in [0.717, 1.165) is 31.9 Å². The summed E-state index contributed by atoms with van der Waals surface area (Å²) >= 11 is 1.43. The molecule has 1 N–H and O–H groups in total. The normalized spacial score (nSPS) is 24.8. The fraction of sp³-hybridized carbons (Fsp3) is 0.778. The van der Waals surface area contributed by atoms with Gasteiger partial charge in [-0.3, -0.25) is 4.90 Å². The van der Waals surface area contributed by atoms with E-state index in [9.17, 15) is 0 Å². The van der Waals surface area contributed by atoms with E-state index in [0.29, 0.717) is 6.04 Å². The highest BCUT2D eigenvalue weighted by molar-refractivity contribution is 7.03. The Bertz CT molecular complexity index is 262. The Morgan fingerprint density at radius 1 is 1.64 bits per heavy atom. The van der Waals surface area contributed by atoms with Crippen molar-refractivity contribution in [3.63, 3.8) is 0 Å². The molecule has 0 aliphatic carbocycles. The average molecular weight is 212 g/mol. The Kier molecular flexibility index (Phi) is 3.44. The lowest BCUT2D eigenvalue weighted by Gasteiger charge is -2.25. The number of nitrogens with zero attached hydrogens (tertiary/aromatic N) is 3. The van der Waals surface area contributed by atoms with E-state index in [1.165, 1.54) is 18.0 Å². The third-order valence-electron chi connectivity index (χ3n) is 2.71. The fourth-order valence-corrected chi connectivity index (χ4v) is 2.20. The second-order valence-electron chi connectivity index (χ2n) is 3.75. The number of hydrogen-bond acceptors (Lipinski definition) is 5. The maximum Gasteiger partial charge on any atom is 0.0895 e. The van der Waals surface area contributed by atoms with E-state index in [1.54, 1.807) is 0 Å². The van der Waals surface area contributed by atoms with E-state index in [2.05, 4.69) is 26.7 Å². The first kappa shape index (κ1) is 10.0. The molecule has 0 bridgehead atoms. The molecule has 1 aromatic rings. The van der Waals surface area contributed by atoms with Crippen LogP contribution in [0.1, 0.15) is 19.0 Å². The van der Waals surface area contributed by atoms with Crippen molar-refractivity contribution in [2.45, 2.75) is 25.9 Å². The van der Waals surface area contributed by atoms with Crippen LogP contribution in [-0.4, -0.2) is 40.2 Å². The molecule has 0 radical (unpaired) electrons. The molecule has 5 heteroatoms. The number of aromatic nitrogens is 2. The Labute approximate surface area is 88.5 Å². The maximum absolute atomic E-state index is 4.08. The van der Waals surface area contributed by atoms with Crippen LogP contribution >= 0.6 is 11.5 Å². The monoisotopic (exact) mass is 212 g/mol. The Hall–Kier alpha value is -0.520. The Morgan fingerprint density at radius 2 is 2.57 bits per heavy atom. The lowest BCUT2D eigenvalue weighted by molar-refractivity contribution is 0.209. The molecule has 1 aliphatic rings. The Balaban J connectivity index is 1.94. The van der Waals surface area contributed by atoms with Crippen LogP contribution in [0.5, 0.6) is 0 Å². The van der Waals surface area contributed by atoms with Crippen LogP contribution in [0.2, 0.25) is 0 Å². The van der Waals surface area contributed by atoms with Gasteiger partial charge in [-0.15, -0.1) is 5.10 Å². The van der Waals surface area contributed by atoms with Gasteiger partial charge in [0.25, 0.3) is 0 Å². The van der Waals surface area contributed by atoms with E-state index >= 15 is 0 Å². The average Bonchev–Trinajstić information content (AvgIpc) is 2.60. The highest BCUT2D eigenvalue weighted by atomic mass is 32.1. The first-order valence-corrected chi connectivity index (χ1v) is 5.90. The Morgan fingerprint density at radius 3 is 3.36 bits per heavy atom. The second-order valence-corrected chi connectivity index (χ2v) is 4.36. The van der Waals surface area contributed by atoms with Crippen LogP contribution in [0.4, 0.5) is 0 Å². The molecule has 78 valence electrons. The molecule has 1 saturated heterocycles.